The van der Waals surface area contributed by atoms with Crippen molar-refractivity contribution in [3.63, 3.8) is 0 Å². The molecule has 0 aliphatic carbocycles. The Bertz CT molecular complexity index is 958. The predicted molar refractivity (Wildman–Crippen MR) is 139 cm³/mol. The van der Waals surface area contributed by atoms with Gasteiger partial charge in [0.2, 0.25) is 0 Å². The maximum Gasteiger partial charge on any atom is 0.409 e. The van der Waals surface area contributed by atoms with E-state index in [1.54, 1.807) is 30.6 Å². The number of hydrogen-bond donors (Lipinski definition) is 1. The molecule has 0 bridgehead atoms. The Morgan fingerprint density at radius 2 is 1.61 bits per heavy atom. The second-order valence-corrected chi connectivity index (χ2v) is 9.43. The third-order valence-electron chi connectivity index (χ3n) is 6.54. The lowest BCUT2D eigenvalue weighted by Gasteiger charge is -2.36. The summed E-state index contributed by atoms with van der Waals surface area (Å²) in [5, 5.41) is 3.59. The minimum Gasteiger partial charge on any atom is -0.464 e. The van der Waals surface area contributed by atoms with Crippen molar-refractivity contribution < 1.29 is 23.9 Å². The zero-order chi connectivity index (χ0) is 26.2. The fourth-order valence-electron chi connectivity index (χ4n) is 4.50. The molecule has 2 amide bonds. The number of pyridine rings is 1. The van der Waals surface area contributed by atoms with Gasteiger partial charge >= 0.3 is 12.1 Å². The Hall–Kier alpha value is -2.95. The summed E-state index contributed by atoms with van der Waals surface area (Å²) in [6.07, 6.45) is 1.25. The van der Waals surface area contributed by atoms with Crippen molar-refractivity contribution in [2.45, 2.75) is 52.5 Å². The number of piperazine rings is 1. The first-order valence-corrected chi connectivity index (χ1v) is 13.1. The Balaban J connectivity index is 1.62. The highest BCUT2D eigenvalue weighted by Crippen LogP contribution is 2.30. The number of nitrogens with zero attached hydrogens (tertiary/aromatic N) is 4. The van der Waals surface area contributed by atoms with Gasteiger partial charge in [-0.1, -0.05) is 0 Å². The number of esters is 1. The van der Waals surface area contributed by atoms with Crippen molar-refractivity contribution in [1.29, 1.82) is 0 Å². The first-order chi connectivity index (χ1) is 17.2. The van der Waals surface area contributed by atoms with Gasteiger partial charge in [-0.2, -0.15) is 0 Å². The lowest BCUT2D eigenvalue weighted by Crippen LogP contribution is -2.51. The van der Waals surface area contributed by atoms with E-state index in [0.717, 1.165) is 24.2 Å². The van der Waals surface area contributed by atoms with Gasteiger partial charge in [0.25, 0.3) is 5.91 Å². The molecular weight excluding hydrogens is 482 g/mol. The Labute approximate surface area is 218 Å². The number of nitrogens with one attached hydrogen (secondary N) is 1. The van der Waals surface area contributed by atoms with E-state index >= 15 is 0 Å². The summed E-state index contributed by atoms with van der Waals surface area (Å²) in [7, 11) is 0. The molecule has 2 aliphatic heterocycles. The van der Waals surface area contributed by atoms with E-state index in [1.165, 1.54) is 0 Å². The van der Waals surface area contributed by atoms with E-state index in [2.05, 4.69) is 5.32 Å². The second kappa shape index (κ2) is 12.8. The molecule has 1 unspecified atom stereocenters. The van der Waals surface area contributed by atoms with Gasteiger partial charge in [-0.3, -0.25) is 9.78 Å². The monoisotopic (exact) mass is 519 g/mol. The third-order valence-corrected chi connectivity index (χ3v) is 6.91. The number of carbonyl (C=O) groups excluding carboxylic acids is 3. The van der Waals surface area contributed by atoms with Crippen molar-refractivity contribution in [3.8, 4) is 0 Å². The van der Waals surface area contributed by atoms with Crippen molar-refractivity contribution in [3.05, 3.63) is 29.1 Å². The van der Waals surface area contributed by atoms with E-state index in [1.807, 2.05) is 24.0 Å². The van der Waals surface area contributed by atoms with Crippen LogP contribution in [0.1, 0.15) is 61.3 Å². The van der Waals surface area contributed by atoms with Crippen LogP contribution in [-0.2, 0) is 14.3 Å². The highest BCUT2D eigenvalue weighted by Gasteiger charge is 2.31. The van der Waals surface area contributed by atoms with Gasteiger partial charge < -0.3 is 29.5 Å². The molecule has 198 valence electrons. The van der Waals surface area contributed by atoms with Gasteiger partial charge in [0, 0.05) is 50.9 Å². The summed E-state index contributed by atoms with van der Waals surface area (Å²) in [6.45, 7) is 11.1. The molecule has 10 nitrogen and oxygen atoms in total. The molecule has 36 heavy (non-hydrogen) atoms. The number of ether oxygens (including phenoxy) is 2. The smallest absolute Gasteiger partial charge is 0.409 e. The van der Waals surface area contributed by atoms with Crippen molar-refractivity contribution in [2.24, 2.45) is 0 Å². The predicted octanol–water partition coefficient (Wildman–Crippen LogP) is 2.31. The molecule has 1 aromatic rings. The van der Waals surface area contributed by atoms with Gasteiger partial charge in [-0.25, -0.2) is 9.59 Å². The zero-order valence-electron chi connectivity index (χ0n) is 21.6. The molecule has 2 saturated heterocycles. The minimum absolute atomic E-state index is 0.0520. The number of thiocarbonyl (C=S) groups is 1. The summed E-state index contributed by atoms with van der Waals surface area (Å²) >= 11 is 5.52. The van der Waals surface area contributed by atoms with E-state index in [4.69, 9.17) is 26.7 Å². The van der Waals surface area contributed by atoms with Crippen LogP contribution >= 0.6 is 12.2 Å². The highest BCUT2D eigenvalue weighted by molar-refractivity contribution is 7.80. The van der Waals surface area contributed by atoms with Gasteiger partial charge in [-0.15, -0.1) is 0 Å². The largest absolute Gasteiger partial charge is 0.464 e. The van der Waals surface area contributed by atoms with Gasteiger partial charge in [0.05, 0.1) is 24.5 Å². The van der Waals surface area contributed by atoms with Crippen LogP contribution in [0.2, 0.25) is 0 Å². The van der Waals surface area contributed by atoms with Crippen LogP contribution in [0.15, 0.2) is 12.1 Å². The van der Waals surface area contributed by atoms with Crippen molar-refractivity contribution in [2.75, 3.05) is 52.5 Å². The summed E-state index contributed by atoms with van der Waals surface area (Å²) in [4.78, 5) is 47.6. The maximum absolute atomic E-state index is 13.5. The minimum atomic E-state index is -0.512. The molecule has 2 fully saturated rings. The molecule has 3 rings (SSSR count). The average molecular weight is 520 g/mol. The van der Waals surface area contributed by atoms with E-state index in [9.17, 15) is 14.4 Å². The number of carbonyl (C=O) groups is 3. The Kier molecular flexibility index (Phi) is 9.86. The number of rotatable bonds is 6. The van der Waals surface area contributed by atoms with Gasteiger partial charge in [0.1, 0.15) is 6.04 Å². The van der Waals surface area contributed by atoms with Crippen LogP contribution in [0.25, 0.3) is 0 Å². The van der Waals surface area contributed by atoms with E-state index in [0.29, 0.717) is 63.2 Å². The summed E-state index contributed by atoms with van der Waals surface area (Å²) in [5.41, 5.74) is 2.32. The first kappa shape index (κ1) is 27.6. The topological polar surface area (TPSA) is 104 Å². The van der Waals surface area contributed by atoms with Gasteiger partial charge in [-0.05, 0) is 64.9 Å². The fourth-order valence-corrected chi connectivity index (χ4v) is 4.86. The number of hydrogen-bond acceptors (Lipinski definition) is 7. The lowest BCUT2D eigenvalue weighted by molar-refractivity contribution is -0.144. The van der Waals surface area contributed by atoms with Crippen LogP contribution in [0.5, 0.6) is 0 Å². The molecular formula is C25H37N5O5S. The molecule has 0 aromatic carbocycles. The fraction of sp³-hybridized carbons (Fsp3) is 0.640. The van der Waals surface area contributed by atoms with Crippen LogP contribution in [-0.4, -0.2) is 101 Å². The van der Waals surface area contributed by atoms with Crippen molar-refractivity contribution in [1.82, 2.24) is 25.0 Å². The maximum atomic E-state index is 13.5. The quantitative estimate of drug-likeness (QED) is 0.448. The molecule has 0 spiro atoms. The van der Waals surface area contributed by atoms with E-state index < -0.39 is 6.04 Å². The third kappa shape index (κ3) is 6.83. The molecule has 1 aromatic heterocycles. The molecule has 11 heteroatoms. The molecule has 3 heterocycles. The lowest BCUT2D eigenvalue weighted by atomic mass is 9.89. The Morgan fingerprint density at radius 1 is 1.00 bits per heavy atom. The molecule has 2 aliphatic rings. The van der Waals surface area contributed by atoms with Crippen LogP contribution in [0, 0.1) is 6.92 Å². The molecule has 0 radical (unpaired) electrons. The Morgan fingerprint density at radius 3 is 2.22 bits per heavy atom. The molecule has 1 N–H and O–H groups in total. The first-order valence-electron chi connectivity index (χ1n) is 12.7. The normalized spacial score (nSPS) is 17.4. The number of amides is 2. The van der Waals surface area contributed by atoms with Gasteiger partial charge in [0.15, 0.2) is 5.11 Å². The zero-order valence-corrected chi connectivity index (χ0v) is 22.4. The van der Waals surface area contributed by atoms with Crippen LogP contribution in [0.4, 0.5) is 4.79 Å². The van der Waals surface area contributed by atoms with Crippen LogP contribution < -0.4 is 5.32 Å². The summed E-state index contributed by atoms with van der Waals surface area (Å²) < 4.78 is 10.1. The number of aryl methyl sites for hydroxylation is 1. The standard InChI is InChI=1S/C25H37N5O5S/c1-5-34-23(32)18(4)27-24(36)29-11-9-19(10-12-29)21-20(8-7-17(3)26-21)22(31)28-13-15-30(16-14-28)25(33)35-6-2/h7-8,18-19H,5-6,9-16H2,1-4H3,(H,27,36). The molecule has 0 saturated carbocycles. The SMILES string of the molecule is CCOC(=O)C(C)NC(=S)N1CCC(c2nc(C)ccc2C(=O)N2CCN(C(=O)OCC)CC2)CC1. The number of piperidine rings is 1. The summed E-state index contributed by atoms with van der Waals surface area (Å²) in [6, 6.07) is 3.23. The number of likely N-dealkylation sites (tertiary alicyclic amines) is 1. The second-order valence-electron chi connectivity index (χ2n) is 9.05. The average Bonchev–Trinajstić information content (AvgIpc) is 2.88. The number of aromatic nitrogens is 1. The van der Waals surface area contributed by atoms with E-state index in [-0.39, 0.29) is 23.9 Å². The van der Waals surface area contributed by atoms with Crippen molar-refractivity contribution >= 4 is 35.3 Å². The van der Waals surface area contributed by atoms with Crippen LogP contribution in [0.3, 0.4) is 0 Å². The molecule has 1 atom stereocenters. The summed E-state index contributed by atoms with van der Waals surface area (Å²) in [5.74, 6) is -0.250. The highest BCUT2D eigenvalue weighted by atomic mass is 32.1.